The average molecular weight is 335 g/mol. The van der Waals surface area contributed by atoms with E-state index in [0.717, 1.165) is 25.1 Å². The van der Waals surface area contributed by atoms with Crippen molar-refractivity contribution in [3.63, 3.8) is 0 Å². The number of carbonyl (C=O) groups excluding carboxylic acids is 1. The fourth-order valence-electron chi connectivity index (χ4n) is 3.09. The van der Waals surface area contributed by atoms with Crippen molar-refractivity contribution in [2.45, 2.75) is 19.1 Å². The number of benzene rings is 1. The van der Waals surface area contributed by atoms with Crippen LogP contribution < -0.4 is 4.74 Å². The van der Waals surface area contributed by atoms with Gasteiger partial charge in [0.2, 0.25) is 5.91 Å². The zero-order valence-electron chi connectivity index (χ0n) is 13.9. The number of para-hydroxylation sites is 1. The van der Waals surface area contributed by atoms with Crippen LogP contribution >= 0.6 is 0 Å². The fourth-order valence-corrected chi connectivity index (χ4v) is 3.09. The molecule has 2 heterocycles. The number of hydrogen-bond donors (Lipinski definition) is 0. The van der Waals surface area contributed by atoms with Crippen LogP contribution in [0.2, 0.25) is 0 Å². The van der Waals surface area contributed by atoms with E-state index in [2.05, 4.69) is 0 Å². The molecule has 2 saturated heterocycles. The molecule has 1 amide bonds. The summed E-state index contributed by atoms with van der Waals surface area (Å²) in [7, 11) is 0. The number of rotatable bonds is 7. The highest BCUT2D eigenvalue weighted by molar-refractivity contribution is 5.77. The molecule has 6 nitrogen and oxygen atoms in total. The average Bonchev–Trinajstić information content (AvgIpc) is 3.17. The monoisotopic (exact) mass is 335 g/mol. The third kappa shape index (κ3) is 4.93. The molecule has 0 saturated carbocycles. The van der Waals surface area contributed by atoms with Gasteiger partial charge in [0.25, 0.3) is 0 Å². The molecule has 24 heavy (non-hydrogen) atoms. The molecular formula is C18H25NO5. The predicted molar refractivity (Wildman–Crippen MR) is 87.8 cm³/mol. The molecule has 0 N–H and O–H groups in total. The van der Waals surface area contributed by atoms with Crippen molar-refractivity contribution < 1.29 is 23.7 Å². The first-order valence-electron chi connectivity index (χ1n) is 8.59. The molecular weight excluding hydrogens is 310 g/mol. The summed E-state index contributed by atoms with van der Waals surface area (Å²) in [4.78, 5) is 14.1. The molecule has 6 heteroatoms. The Bertz CT molecular complexity index is 503. The Hall–Kier alpha value is -1.63. The van der Waals surface area contributed by atoms with E-state index >= 15 is 0 Å². The smallest absolute Gasteiger partial charge is 0.248 e. The Morgan fingerprint density at radius 3 is 2.75 bits per heavy atom. The van der Waals surface area contributed by atoms with Crippen LogP contribution in [0.3, 0.4) is 0 Å². The Kier molecular flexibility index (Phi) is 6.46. The molecule has 0 bridgehead atoms. The van der Waals surface area contributed by atoms with E-state index in [4.69, 9.17) is 18.9 Å². The molecule has 0 aliphatic carbocycles. The second-order valence-electron chi connectivity index (χ2n) is 6.07. The van der Waals surface area contributed by atoms with Gasteiger partial charge in [0.1, 0.15) is 19.0 Å². The van der Waals surface area contributed by atoms with E-state index in [9.17, 15) is 4.79 Å². The molecule has 132 valence electrons. The van der Waals surface area contributed by atoms with Gasteiger partial charge in [-0.15, -0.1) is 0 Å². The summed E-state index contributed by atoms with van der Waals surface area (Å²) in [5.74, 6) is 1.10. The summed E-state index contributed by atoms with van der Waals surface area (Å²) in [6.45, 7) is 3.70. The lowest BCUT2D eigenvalue weighted by Crippen LogP contribution is -2.45. The van der Waals surface area contributed by atoms with Gasteiger partial charge in [0.15, 0.2) is 6.29 Å². The molecule has 2 aliphatic rings. The summed E-state index contributed by atoms with van der Waals surface area (Å²) in [6.07, 6.45) is 1.87. The normalized spacial score (nSPS) is 21.8. The Morgan fingerprint density at radius 1 is 1.17 bits per heavy atom. The molecule has 3 rings (SSSR count). The van der Waals surface area contributed by atoms with Gasteiger partial charge >= 0.3 is 0 Å². The number of piperidine rings is 1. The highest BCUT2D eigenvalue weighted by Gasteiger charge is 2.32. The van der Waals surface area contributed by atoms with Crippen molar-refractivity contribution in [1.82, 2.24) is 4.90 Å². The van der Waals surface area contributed by atoms with E-state index in [0.29, 0.717) is 33.0 Å². The van der Waals surface area contributed by atoms with E-state index in [1.54, 1.807) is 0 Å². The van der Waals surface area contributed by atoms with Crippen LogP contribution in [0.15, 0.2) is 30.3 Å². The third-order valence-corrected chi connectivity index (χ3v) is 4.31. The van der Waals surface area contributed by atoms with Crippen LogP contribution in [-0.4, -0.2) is 63.2 Å². The zero-order valence-corrected chi connectivity index (χ0v) is 13.9. The van der Waals surface area contributed by atoms with Crippen molar-refractivity contribution >= 4 is 5.91 Å². The highest BCUT2D eigenvalue weighted by Crippen LogP contribution is 2.24. The van der Waals surface area contributed by atoms with Crippen LogP contribution in [-0.2, 0) is 19.0 Å². The number of ether oxygens (including phenoxy) is 4. The SMILES string of the molecule is O=C(COCCOc1ccccc1)N1CCCC(C2OCCO2)C1. The molecule has 1 atom stereocenters. The first-order valence-corrected chi connectivity index (χ1v) is 8.59. The molecule has 2 aliphatic heterocycles. The van der Waals surface area contributed by atoms with Crippen molar-refractivity contribution in [3.05, 3.63) is 30.3 Å². The molecule has 2 fully saturated rings. The van der Waals surface area contributed by atoms with Gasteiger partial charge in [-0.3, -0.25) is 4.79 Å². The highest BCUT2D eigenvalue weighted by atomic mass is 16.7. The van der Waals surface area contributed by atoms with Crippen LogP contribution in [0, 0.1) is 5.92 Å². The van der Waals surface area contributed by atoms with Gasteiger partial charge in [-0.2, -0.15) is 0 Å². The van der Waals surface area contributed by atoms with Crippen LogP contribution in [0.25, 0.3) is 0 Å². The number of carbonyl (C=O) groups is 1. The maximum atomic E-state index is 12.3. The van der Waals surface area contributed by atoms with E-state index < -0.39 is 0 Å². The van der Waals surface area contributed by atoms with Crippen LogP contribution in [0.4, 0.5) is 0 Å². The molecule has 1 aromatic carbocycles. The maximum Gasteiger partial charge on any atom is 0.248 e. The molecule has 0 radical (unpaired) electrons. The number of amides is 1. The minimum Gasteiger partial charge on any atom is -0.491 e. The standard InChI is InChI=1S/C18H25NO5/c20-17(14-21-9-10-22-16-6-2-1-3-7-16)19-8-4-5-15(13-19)18-23-11-12-24-18/h1-3,6-7,15,18H,4-5,8-14H2. The second kappa shape index (κ2) is 9.01. The fraction of sp³-hybridized carbons (Fsp3) is 0.611. The van der Waals surface area contributed by atoms with Gasteiger partial charge < -0.3 is 23.8 Å². The number of hydrogen-bond acceptors (Lipinski definition) is 5. The Morgan fingerprint density at radius 2 is 1.96 bits per heavy atom. The molecule has 0 aromatic heterocycles. The lowest BCUT2D eigenvalue weighted by Gasteiger charge is -2.34. The predicted octanol–water partition coefficient (Wildman–Crippen LogP) is 1.69. The molecule has 1 unspecified atom stereocenters. The van der Waals surface area contributed by atoms with Crippen molar-refractivity contribution in [2.24, 2.45) is 5.92 Å². The third-order valence-electron chi connectivity index (χ3n) is 4.31. The number of likely N-dealkylation sites (tertiary alicyclic amines) is 1. The van der Waals surface area contributed by atoms with Crippen molar-refractivity contribution in [1.29, 1.82) is 0 Å². The van der Waals surface area contributed by atoms with Gasteiger partial charge in [-0.1, -0.05) is 18.2 Å². The summed E-state index contributed by atoms with van der Waals surface area (Å²) in [5.41, 5.74) is 0. The van der Waals surface area contributed by atoms with Gasteiger partial charge in [-0.05, 0) is 25.0 Å². The van der Waals surface area contributed by atoms with E-state index in [1.165, 1.54) is 0 Å². The van der Waals surface area contributed by atoms with E-state index in [1.807, 2.05) is 35.2 Å². The minimum absolute atomic E-state index is 0.0254. The largest absolute Gasteiger partial charge is 0.491 e. The zero-order chi connectivity index (χ0) is 16.6. The quantitative estimate of drug-likeness (QED) is 0.710. The topological polar surface area (TPSA) is 57.2 Å². The minimum atomic E-state index is -0.152. The van der Waals surface area contributed by atoms with Crippen LogP contribution in [0.5, 0.6) is 5.75 Å². The van der Waals surface area contributed by atoms with Crippen molar-refractivity contribution in [2.75, 3.05) is 46.1 Å². The first kappa shape index (κ1) is 17.2. The summed E-state index contributed by atoms with van der Waals surface area (Å²) in [6, 6.07) is 9.57. The maximum absolute atomic E-state index is 12.3. The Balaban J connectivity index is 1.32. The van der Waals surface area contributed by atoms with E-state index in [-0.39, 0.29) is 24.7 Å². The molecule has 0 spiro atoms. The second-order valence-corrected chi connectivity index (χ2v) is 6.07. The van der Waals surface area contributed by atoms with Gasteiger partial charge in [0, 0.05) is 19.0 Å². The Labute approximate surface area is 142 Å². The lowest BCUT2D eigenvalue weighted by molar-refractivity contribution is -0.143. The summed E-state index contributed by atoms with van der Waals surface area (Å²) < 4.78 is 22.1. The summed E-state index contributed by atoms with van der Waals surface area (Å²) in [5, 5.41) is 0. The number of nitrogens with zero attached hydrogens (tertiary/aromatic N) is 1. The molecule has 1 aromatic rings. The lowest BCUT2D eigenvalue weighted by atomic mass is 9.97. The van der Waals surface area contributed by atoms with Crippen LogP contribution in [0.1, 0.15) is 12.8 Å². The van der Waals surface area contributed by atoms with Gasteiger partial charge in [-0.25, -0.2) is 0 Å². The summed E-state index contributed by atoms with van der Waals surface area (Å²) >= 11 is 0. The first-order chi connectivity index (χ1) is 11.8. The van der Waals surface area contributed by atoms with Gasteiger partial charge in [0.05, 0.1) is 19.8 Å². The van der Waals surface area contributed by atoms with Crippen molar-refractivity contribution in [3.8, 4) is 5.75 Å².